The Morgan fingerprint density at radius 1 is 1.16 bits per heavy atom. The molecule has 0 fully saturated rings. The number of benzene rings is 2. The van der Waals surface area contributed by atoms with E-state index < -0.39 is 0 Å². The second-order valence-electron chi connectivity index (χ2n) is 5.46. The topological polar surface area (TPSA) is 88.5 Å². The predicted octanol–water partition coefficient (Wildman–Crippen LogP) is 3.22. The molecule has 0 saturated carbocycles. The van der Waals surface area contributed by atoms with Crippen molar-refractivity contribution in [1.82, 2.24) is 25.0 Å². The standard InChI is InChI=1S/C17H13BrN6O/c18-12-7-5-11(6-8-12)15-9-24(23-22-15)10-16(25)21-17-19-13-3-1-2-4-14(13)20-17/h1-9H,10H2,(H2,19,20,21,25). The van der Waals surface area contributed by atoms with Crippen LogP contribution < -0.4 is 5.32 Å². The number of hydrogen-bond donors (Lipinski definition) is 2. The first-order valence-electron chi connectivity index (χ1n) is 7.58. The number of nitrogens with zero attached hydrogens (tertiary/aromatic N) is 4. The summed E-state index contributed by atoms with van der Waals surface area (Å²) in [6, 6.07) is 15.3. The summed E-state index contributed by atoms with van der Waals surface area (Å²) < 4.78 is 2.49. The number of amides is 1. The highest BCUT2D eigenvalue weighted by Gasteiger charge is 2.10. The number of aromatic nitrogens is 5. The highest BCUT2D eigenvalue weighted by molar-refractivity contribution is 9.10. The maximum atomic E-state index is 12.2. The Bertz CT molecular complexity index is 1000. The Balaban J connectivity index is 1.45. The number of carbonyl (C=O) groups excluding carboxylic acids is 1. The van der Waals surface area contributed by atoms with Crippen molar-refractivity contribution < 1.29 is 4.79 Å². The van der Waals surface area contributed by atoms with Crippen LogP contribution >= 0.6 is 15.9 Å². The zero-order chi connectivity index (χ0) is 17.2. The third kappa shape index (κ3) is 3.43. The molecule has 0 spiro atoms. The molecule has 8 heteroatoms. The van der Waals surface area contributed by atoms with E-state index in [9.17, 15) is 4.79 Å². The van der Waals surface area contributed by atoms with E-state index in [1.54, 1.807) is 6.20 Å². The Morgan fingerprint density at radius 3 is 2.76 bits per heavy atom. The molecule has 0 saturated heterocycles. The summed E-state index contributed by atoms with van der Waals surface area (Å²) >= 11 is 3.40. The Hall–Kier alpha value is -3.00. The number of hydrogen-bond acceptors (Lipinski definition) is 4. The van der Waals surface area contributed by atoms with Gasteiger partial charge in [0.25, 0.3) is 0 Å². The normalized spacial score (nSPS) is 10.9. The van der Waals surface area contributed by atoms with E-state index in [1.807, 2.05) is 48.5 Å². The number of aromatic amines is 1. The summed E-state index contributed by atoms with van der Waals surface area (Å²) in [4.78, 5) is 19.6. The Morgan fingerprint density at radius 2 is 1.96 bits per heavy atom. The van der Waals surface area contributed by atoms with Crippen LogP contribution in [-0.2, 0) is 11.3 Å². The lowest BCUT2D eigenvalue weighted by atomic mass is 10.2. The van der Waals surface area contributed by atoms with E-state index in [-0.39, 0.29) is 12.5 Å². The zero-order valence-electron chi connectivity index (χ0n) is 13.0. The van der Waals surface area contributed by atoms with Crippen molar-refractivity contribution in [3.05, 3.63) is 59.2 Å². The van der Waals surface area contributed by atoms with E-state index in [0.29, 0.717) is 11.6 Å². The number of fused-ring (bicyclic) bond motifs is 1. The quantitative estimate of drug-likeness (QED) is 0.554. The van der Waals surface area contributed by atoms with Crippen LogP contribution in [-0.4, -0.2) is 30.9 Å². The lowest BCUT2D eigenvalue weighted by molar-refractivity contribution is -0.117. The van der Waals surface area contributed by atoms with Crippen molar-refractivity contribution in [3.8, 4) is 11.3 Å². The van der Waals surface area contributed by atoms with Gasteiger partial charge in [0.15, 0.2) is 0 Å². The molecule has 0 aliphatic carbocycles. The molecule has 25 heavy (non-hydrogen) atoms. The van der Waals surface area contributed by atoms with Crippen LogP contribution in [0.25, 0.3) is 22.3 Å². The molecule has 2 aromatic carbocycles. The molecule has 0 unspecified atom stereocenters. The minimum Gasteiger partial charge on any atom is -0.324 e. The summed E-state index contributed by atoms with van der Waals surface area (Å²) in [6.07, 6.45) is 1.74. The van der Waals surface area contributed by atoms with Gasteiger partial charge < -0.3 is 4.98 Å². The molecular formula is C17H13BrN6O. The van der Waals surface area contributed by atoms with E-state index in [0.717, 1.165) is 21.1 Å². The van der Waals surface area contributed by atoms with Crippen LogP contribution in [0.3, 0.4) is 0 Å². The number of H-pyrrole nitrogens is 1. The number of imidazole rings is 1. The van der Waals surface area contributed by atoms with E-state index in [4.69, 9.17) is 0 Å². The molecule has 0 radical (unpaired) electrons. The smallest absolute Gasteiger partial charge is 0.248 e. The molecule has 2 heterocycles. The summed E-state index contributed by atoms with van der Waals surface area (Å²) in [5.74, 6) is 0.186. The van der Waals surface area contributed by atoms with Crippen molar-refractivity contribution in [2.75, 3.05) is 5.32 Å². The molecule has 124 valence electrons. The average molecular weight is 397 g/mol. The van der Waals surface area contributed by atoms with Crippen molar-refractivity contribution >= 4 is 38.8 Å². The molecular weight excluding hydrogens is 384 g/mol. The van der Waals surface area contributed by atoms with E-state index in [1.165, 1.54) is 4.68 Å². The second kappa shape index (κ2) is 6.48. The van der Waals surface area contributed by atoms with Gasteiger partial charge in [-0.05, 0) is 24.3 Å². The van der Waals surface area contributed by atoms with Crippen LogP contribution in [0.5, 0.6) is 0 Å². The maximum Gasteiger partial charge on any atom is 0.248 e. The molecule has 4 rings (SSSR count). The number of nitrogens with one attached hydrogen (secondary N) is 2. The zero-order valence-corrected chi connectivity index (χ0v) is 14.6. The molecule has 1 amide bonds. The summed E-state index contributed by atoms with van der Waals surface area (Å²) in [5, 5.41) is 10.8. The molecule has 4 aromatic rings. The van der Waals surface area contributed by atoms with Crippen LogP contribution in [0.2, 0.25) is 0 Å². The van der Waals surface area contributed by atoms with Crippen LogP contribution in [0, 0.1) is 0 Å². The SMILES string of the molecule is O=C(Cn1cc(-c2ccc(Br)cc2)nn1)Nc1nc2ccccc2[nH]1. The van der Waals surface area contributed by atoms with Crippen LogP contribution in [0.4, 0.5) is 5.95 Å². The molecule has 0 aliphatic rings. The van der Waals surface area contributed by atoms with Crippen LogP contribution in [0.1, 0.15) is 0 Å². The van der Waals surface area contributed by atoms with Crippen molar-refractivity contribution in [2.45, 2.75) is 6.54 Å². The van der Waals surface area contributed by atoms with E-state index >= 15 is 0 Å². The molecule has 0 aliphatic heterocycles. The van der Waals surface area contributed by atoms with Gasteiger partial charge >= 0.3 is 0 Å². The largest absolute Gasteiger partial charge is 0.324 e. The number of halogens is 1. The van der Waals surface area contributed by atoms with Crippen LogP contribution in [0.15, 0.2) is 59.2 Å². The second-order valence-corrected chi connectivity index (χ2v) is 6.37. The third-order valence-electron chi connectivity index (χ3n) is 3.63. The van der Waals surface area contributed by atoms with Crippen molar-refractivity contribution in [3.63, 3.8) is 0 Å². The van der Waals surface area contributed by atoms with Gasteiger partial charge in [-0.1, -0.05) is 45.4 Å². The summed E-state index contributed by atoms with van der Waals surface area (Å²) in [7, 11) is 0. The lowest BCUT2D eigenvalue weighted by Gasteiger charge is -2.01. The van der Waals surface area contributed by atoms with Gasteiger partial charge in [-0.25, -0.2) is 9.67 Å². The Kier molecular flexibility index (Phi) is 4.02. The number of para-hydroxylation sites is 2. The predicted molar refractivity (Wildman–Crippen MR) is 97.9 cm³/mol. The van der Waals surface area contributed by atoms with Gasteiger partial charge in [0.1, 0.15) is 12.2 Å². The van der Waals surface area contributed by atoms with Gasteiger partial charge in [0, 0.05) is 10.0 Å². The molecule has 0 bridgehead atoms. The first kappa shape index (κ1) is 15.5. The van der Waals surface area contributed by atoms with Gasteiger partial charge in [0.2, 0.25) is 11.9 Å². The summed E-state index contributed by atoms with van der Waals surface area (Å²) in [6.45, 7) is 0.0561. The molecule has 0 atom stereocenters. The molecule has 2 N–H and O–H groups in total. The number of rotatable bonds is 4. The van der Waals surface area contributed by atoms with Crippen molar-refractivity contribution in [2.24, 2.45) is 0 Å². The monoisotopic (exact) mass is 396 g/mol. The fourth-order valence-corrected chi connectivity index (χ4v) is 2.72. The van der Waals surface area contributed by atoms with Gasteiger partial charge in [-0.2, -0.15) is 0 Å². The number of anilines is 1. The average Bonchev–Trinajstić information content (AvgIpc) is 3.21. The maximum absolute atomic E-state index is 12.2. The first-order chi connectivity index (χ1) is 12.2. The summed E-state index contributed by atoms with van der Waals surface area (Å²) in [5.41, 5.74) is 3.32. The van der Waals surface area contributed by atoms with Crippen molar-refractivity contribution in [1.29, 1.82) is 0 Å². The highest BCUT2D eigenvalue weighted by Crippen LogP contribution is 2.19. The first-order valence-corrected chi connectivity index (χ1v) is 8.37. The van der Waals surface area contributed by atoms with Gasteiger partial charge in [-0.3, -0.25) is 10.1 Å². The highest BCUT2D eigenvalue weighted by atomic mass is 79.9. The van der Waals surface area contributed by atoms with Gasteiger partial charge in [-0.15, -0.1) is 5.10 Å². The third-order valence-corrected chi connectivity index (χ3v) is 4.16. The minimum absolute atomic E-state index is 0.0561. The molecule has 7 nitrogen and oxygen atoms in total. The Labute approximate surface area is 151 Å². The van der Waals surface area contributed by atoms with Gasteiger partial charge in [0.05, 0.1) is 17.2 Å². The fraction of sp³-hybridized carbons (Fsp3) is 0.0588. The minimum atomic E-state index is -0.230. The number of carbonyl (C=O) groups is 1. The fourth-order valence-electron chi connectivity index (χ4n) is 2.46. The molecule has 2 aromatic heterocycles. The van der Waals surface area contributed by atoms with E-state index in [2.05, 4.69) is 41.5 Å². The lowest BCUT2D eigenvalue weighted by Crippen LogP contribution is -2.19.